The molecule has 0 aromatic heterocycles. The number of piperidine rings is 1. The number of carbonyl (C=O) groups excluding carboxylic acids is 1. The van der Waals surface area contributed by atoms with Crippen LogP contribution in [0.3, 0.4) is 0 Å². The van der Waals surface area contributed by atoms with E-state index in [4.69, 9.17) is 23.2 Å². The Balaban J connectivity index is 1.47. The molecule has 0 aliphatic carbocycles. The van der Waals surface area contributed by atoms with E-state index in [9.17, 15) is 4.79 Å². The summed E-state index contributed by atoms with van der Waals surface area (Å²) in [7, 11) is 0. The fourth-order valence-corrected chi connectivity index (χ4v) is 4.02. The maximum Gasteiger partial charge on any atom is 0.224 e. The van der Waals surface area contributed by atoms with E-state index < -0.39 is 0 Å². The topological polar surface area (TPSA) is 32.3 Å². The van der Waals surface area contributed by atoms with E-state index in [2.05, 4.69) is 34.5 Å². The predicted molar refractivity (Wildman–Crippen MR) is 108 cm³/mol. The average molecular weight is 391 g/mol. The van der Waals surface area contributed by atoms with Crippen LogP contribution in [0.2, 0.25) is 10.0 Å². The minimum absolute atomic E-state index is 0.0276. The number of likely N-dealkylation sites (tertiary alicyclic amines) is 1. The molecule has 2 aromatic rings. The van der Waals surface area contributed by atoms with Crippen LogP contribution in [0.4, 0.5) is 0 Å². The van der Waals surface area contributed by atoms with Crippen LogP contribution >= 0.6 is 23.2 Å². The van der Waals surface area contributed by atoms with E-state index in [1.807, 2.05) is 6.07 Å². The Morgan fingerprint density at radius 1 is 1.08 bits per heavy atom. The summed E-state index contributed by atoms with van der Waals surface area (Å²) in [6.45, 7) is 3.81. The maximum absolute atomic E-state index is 12.3. The lowest BCUT2D eigenvalue weighted by Crippen LogP contribution is -2.40. The highest BCUT2D eigenvalue weighted by molar-refractivity contribution is 6.36. The van der Waals surface area contributed by atoms with Crippen molar-refractivity contribution in [2.24, 2.45) is 5.92 Å². The number of nitrogens with one attached hydrogen (secondary N) is 1. The first-order valence-electron chi connectivity index (χ1n) is 9.07. The van der Waals surface area contributed by atoms with E-state index >= 15 is 0 Å². The number of benzene rings is 2. The zero-order valence-corrected chi connectivity index (χ0v) is 16.3. The van der Waals surface area contributed by atoms with E-state index in [1.54, 1.807) is 18.2 Å². The van der Waals surface area contributed by atoms with Gasteiger partial charge in [-0.15, -0.1) is 0 Å². The van der Waals surface area contributed by atoms with Gasteiger partial charge in [0.05, 0.1) is 6.42 Å². The fourth-order valence-electron chi connectivity index (χ4n) is 3.49. The number of nitrogens with zero attached hydrogens (tertiary/aromatic N) is 1. The quantitative estimate of drug-likeness (QED) is 0.783. The van der Waals surface area contributed by atoms with Gasteiger partial charge in [0.25, 0.3) is 0 Å². The van der Waals surface area contributed by atoms with Crippen LogP contribution in [0.15, 0.2) is 48.5 Å². The molecule has 1 saturated heterocycles. The third-order valence-corrected chi connectivity index (χ3v) is 5.55. The van der Waals surface area contributed by atoms with Crippen LogP contribution in [0.1, 0.15) is 24.0 Å². The first-order valence-corrected chi connectivity index (χ1v) is 9.83. The smallest absolute Gasteiger partial charge is 0.224 e. The third-order valence-electron chi connectivity index (χ3n) is 4.84. The minimum Gasteiger partial charge on any atom is -0.355 e. The molecule has 3 rings (SSSR count). The maximum atomic E-state index is 12.3. The van der Waals surface area contributed by atoms with Gasteiger partial charge in [-0.05, 0) is 48.6 Å². The van der Waals surface area contributed by atoms with Gasteiger partial charge >= 0.3 is 0 Å². The molecule has 1 aliphatic rings. The summed E-state index contributed by atoms with van der Waals surface area (Å²) in [6.07, 6.45) is 2.54. The van der Waals surface area contributed by atoms with Crippen LogP contribution in [0.5, 0.6) is 0 Å². The molecule has 1 atom stereocenters. The van der Waals surface area contributed by atoms with Crippen LogP contribution in [-0.2, 0) is 17.8 Å². The molecular weight excluding hydrogens is 367 g/mol. The lowest BCUT2D eigenvalue weighted by atomic mass is 9.97. The molecule has 1 unspecified atom stereocenters. The molecule has 1 aliphatic heterocycles. The number of carbonyl (C=O) groups is 1. The van der Waals surface area contributed by atoms with Crippen LogP contribution < -0.4 is 5.32 Å². The standard InChI is InChI=1S/C21H24Cl2N2O/c22-19-9-4-10-20(23)18(19)12-21(26)24-13-17-8-5-11-25(15-17)14-16-6-2-1-3-7-16/h1-4,6-7,9-10,17H,5,8,11-15H2,(H,24,26). The number of hydrogen-bond donors (Lipinski definition) is 1. The summed E-state index contributed by atoms with van der Waals surface area (Å²) in [5, 5.41) is 4.14. The normalized spacial score (nSPS) is 17.8. The average Bonchev–Trinajstić information content (AvgIpc) is 2.64. The first kappa shape index (κ1) is 19.2. The van der Waals surface area contributed by atoms with Gasteiger partial charge in [-0.1, -0.05) is 59.6 Å². The van der Waals surface area contributed by atoms with Crippen LogP contribution in [0, 0.1) is 5.92 Å². The molecule has 1 fully saturated rings. The number of rotatable bonds is 6. The lowest BCUT2D eigenvalue weighted by Gasteiger charge is -2.32. The Hall–Kier alpha value is -1.55. The zero-order chi connectivity index (χ0) is 18.4. The number of hydrogen-bond acceptors (Lipinski definition) is 2. The van der Waals surface area contributed by atoms with Crippen molar-refractivity contribution in [3.05, 3.63) is 69.7 Å². The molecule has 1 heterocycles. The predicted octanol–water partition coefficient (Wildman–Crippen LogP) is 4.56. The minimum atomic E-state index is -0.0276. The second-order valence-corrected chi connectivity index (χ2v) is 7.72. The summed E-state index contributed by atoms with van der Waals surface area (Å²) < 4.78 is 0. The molecule has 0 bridgehead atoms. The summed E-state index contributed by atoms with van der Waals surface area (Å²) >= 11 is 12.3. The third kappa shape index (κ3) is 5.47. The van der Waals surface area contributed by atoms with E-state index in [0.717, 1.165) is 26.1 Å². The van der Waals surface area contributed by atoms with Gasteiger partial charge in [0.15, 0.2) is 0 Å². The summed E-state index contributed by atoms with van der Waals surface area (Å²) in [5.41, 5.74) is 2.04. The molecule has 1 N–H and O–H groups in total. The summed E-state index contributed by atoms with van der Waals surface area (Å²) in [5.74, 6) is 0.457. The van der Waals surface area contributed by atoms with Crippen molar-refractivity contribution < 1.29 is 4.79 Å². The van der Waals surface area contributed by atoms with Crippen LogP contribution in [-0.4, -0.2) is 30.4 Å². The Kier molecular flexibility index (Phi) is 6.95. The van der Waals surface area contributed by atoms with Crippen molar-refractivity contribution in [1.82, 2.24) is 10.2 Å². The Labute approximate surface area is 165 Å². The van der Waals surface area contributed by atoms with Crippen molar-refractivity contribution in [2.45, 2.75) is 25.8 Å². The molecule has 138 valence electrons. The molecule has 26 heavy (non-hydrogen) atoms. The molecule has 0 spiro atoms. The highest BCUT2D eigenvalue weighted by Crippen LogP contribution is 2.24. The monoisotopic (exact) mass is 390 g/mol. The van der Waals surface area contributed by atoms with Gasteiger partial charge in [0.2, 0.25) is 5.91 Å². The molecule has 1 amide bonds. The largest absolute Gasteiger partial charge is 0.355 e. The number of halogens is 2. The fraction of sp³-hybridized carbons (Fsp3) is 0.381. The Morgan fingerprint density at radius 2 is 1.81 bits per heavy atom. The van der Waals surface area contributed by atoms with Crippen molar-refractivity contribution in [3.8, 4) is 0 Å². The summed E-state index contributed by atoms with van der Waals surface area (Å²) in [4.78, 5) is 14.8. The van der Waals surface area contributed by atoms with Gasteiger partial charge in [0.1, 0.15) is 0 Å². The van der Waals surface area contributed by atoms with Crippen molar-refractivity contribution in [3.63, 3.8) is 0 Å². The number of amides is 1. The Bertz CT molecular complexity index is 716. The van der Waals surface area contributed by atoms with Crippen molar-refractivity contribution in [1.29, 1.82) is 0 Å². The molecule has 2 aromatic carbocycles. The first-order chi connectivity index (χ1) is 12.6. The molecule has 3 nitrogen and oxygen atoms in total. The van der Waals surface area contributed by atoms with Crippen molar-refractivity contribution in [2.75, 3.05) is 19.6 Å². The second kappa shape index (κ2) is 9.40. The lowest BCUT2D eigenvalue weighted by molar-refractivity contribution is -0.120. The SMILES string of the molecule is O=C(Cc1c(Cl)cccc1Cl)NCC1CCCN(Cc2ccccc2)C1. The Morgan fingerprint density at radius 3 is 2.54 bits per heavy atom. The van der Waals surface area contributed by atoms with Gasteiger partial charge in [-0.3, -0.25) is 9.69 Å². The molecular formula is C21H24Cl2N2O. The van der Waals surface area contributed by atoms with Crippen LogP contribution in [0.25, 0.3) is 0 Å². The zero-order valence-electron chi connectivity index (χ0n) is 14.8. The van der Waals surface area contributed by atoms with Gasteiger partial charge in [0, 0.05) is 29.7 Å². The summed E-state index contributed by atoms with van der Waals surface area (Å²) in [6, 6.07) is 15.8. The van der Waals surface area contributed by atoms with Gasteiger partial charge < -0.3 is 5.32 Å². The molecule has 0 saturated carbocycles. The highest BCUT2D eigenvalue weighted by Gasteiger charge is 2.21. The van der Waals surface area contributed by atoms with Gasteiger partial charge in [-0.25, -0.2) is 0 Å². The van der Waals surface area contributed by atoms with Crippen molar-refractivity contribution >= 4 is 29.1 Å². The second-order valence-electron chi connectivity index (χ2n) is 6.91. The van der Waals surface area contributed by atoms with Gasteiger partial charge in [-0.2, -0.15) is 0 Å². The molecule has 0 radical (unpaired) electrons. The van der Waals surface area contributed by atoms with E-state index in [1.165, 1.54) is 12.0 Å². The highest BCUT2D eigenvalue weighted by atomic mass is 35.5. The molecule has 5 heteroatoms. The van der Waals surface area contributed by atoms with E-state index in [-0.39, 0.29) is 12.3 Å². The van der Waals surface area contributed by atoms with E-state index in [0.29, 0.717) is 28.1 Å².